The molecular formula is C27H17F3S2. The summed E-state index contributed by atoms with van der Waals surface area (Å²) in [5, 5.41) is 9.43. The average molecular weight is 463 g/mol. The van der Waals surface area contributed by atoms with E-state index in [1.807, 2.05) is 0 Å². The molecule has 0 aliphatic heterocycles. The lowest BCUT2D eigenvalue weighted by Crippen LogP contribution is -2.09. The topological polar surface area (TPSA) is 0 Å². The van der Waals surface area contributed by atoms with Gasteiger partial charge < -0.3 is 0 Å². The highest BCUT2D eigenvalue weighted by Gasteiger charge is 2.32. The minimum absolute atomic E-state index is 0.355. The lowest BCUT2D eigenvalue weighted by Gasteiger charge is -2.11. The van der Waals surface area contributed by atoms with Crippen LogP contribution in [0.15, 0.2) is 78.2 Å². The largest absolute Gasteiger partial charge is 0.416 e. The van der Waals surface area contributed by atoms with Gasteiger partial charge in [0.05, 0.1) is 5.56 Å². The van der Waals surface area contributed by atoms with Gasteiger partial charge in [-0.15, -0.1) is 22.7 Å². The second-order valence-corrected chi connectivity index (χ2v) is 10.1. The van der Waals surface area contributed by atoms with Crippen molar-refractivity contribution in [1.29, 1.82) is 0 Å². The molecule has 0 unspecified atom stereocenters. The van der Waals surface area contributed by atoms with E-state index in [0.717, 1.165) is 10.3 Å². The van der Waals surface area contributed by atoms with Crippen molar-refractivity contribution < 1.29 is 13.2 Å². The zero-order valence-corrected chi connectivity index (χ0v) is 18.5. The summed E-state index contributed by atoms with van der Waals surface area (Å²) in [6.07, 6.45) is -3.35. The van der Waals surface area contributed by atoms with Gasteiger partial charge in [0.1, 0.15) is 0 Å². The molecule has 32 heavy (non-hydrogen) atoms. The predicted molar refractivity (Wildman–Crippen MR) is 131 cm³/mol. The van der Waals surface area contributed by atoms with Gasteiger partial charge >= 0.3 is 6.18 Å². The summed E-state index contributed by atoms with van der Waals surface area (Å²) in [5.74, 6) is 0. The van der Waals surface area contributed by atoms with Gasteiger partial charge in [-0.3, -0.25) is 0 Å². The van der Waals surface area contributed by atoms with Crippen LogP contribution in [0, 0.1) is 0 Å². The number of fused-ring (bicyclic) bond motifs is 6. The van der Waals surface area contributed by atoms with E-state index in [1.54, 1.807) is 34.8 Å². The Bertz CT molecular complexity index is 1620. The van der Waals surface area contributed by atoms with E-state index in [9.17, 15) is 13.2 Å². The highest BCUT2D eigenvalue weighted by atomic mass is 32.1. The lowest BCUT2D eigenvalue weighted by atomic mass is 10.0. The summed E-state index contributed by atoms with van der Waals surface area (Å²) in [6.45, 7) is 0. The fraction of sp³-hybridized carbons (Fsp3) is 0.111. The molecule has 0 radical (unpaired) electrons. The Labute approximate surface area is 190 Å². The summed E-state index contributed by atoms with van der Waals surface area (Å²) in [7, 11) is 0. The van der Waals surface area contributed by atoms with Crippen molar-refractivity contribution in [1.82, 2.24) is 0 Å². The first-order valence-corrected chi connectivity index (χ1v) is 12.1. The van der Waals surface area contributed by atoms with Crippen LogP contribution in [0.2, 0.25) is 0 Å². The number of hydrogen-bond donors (Lipinski definition) is 0. The third-order valence-corrected chi connectivity index (χ3v) is 8.27. The normalized spacial score (nSPS) is 12.5. The monoisotopic (exact) mass is 462 g/mol. The summed E-state index contributed by atoms with van der Waals surface area (Å²) >= 11 is 3.46. The first kappa shape index (κ1) is 19.8. The van der Waals surface area contributed by atoms with Gasteiger partial charge in [0.25, 0.3) is 0 Å². The molecule has 0 saturated carbocycles. The van der Waals surface area contributed by atoms with Crippen LogP contribution in [0.5, 0.6) is 0 Å². The Hall–Kier alpha value is -2.89. The number of rotatable bonds is 3. The zero-order valence-electron chi connectivity index (χ0n) is 16.9. The molecular weight excluding hydrogens is 445 g/mol. The fourth-order valence-electron chi connectivity index (χ4n) is 4.52. The Morgan fingerprint density at radius 3 is 2.12 bits per heavy atom. The van der Waals surface area contributed by atoms with Crippen molar-refractivity contribution in [2.75, 3.05) is 0 Å². The van der Waals surface area contributed by atoms with E-state index in [0.29, 0.717) is 18.4 Å². The third-order valence-electron chi connectivity index (χ3n) is 6.07. The second-order valence-electron chi connectivity index (χ2n) is 8.05. The highest BCUT2D eigenvalue weighted by molar-refractivity contribution is 7.20. The van der Waals surface area contributed by atoms with Crippen LogP contribution < -0.4 is 0 Å². The van der Waals surface area contributed by atoms with E-state index in [2.05, 4.69) is 53.9 Å². The van der Waals surface area contributed by atoms with Crippen LogP contribution in [-0.2, 0) is 19.0 Å². The number of benzene rings is 4. The lowest BCUT2D eigenvalue weighted by molar-refractivity contribution is -0.138. The number of thiophene rings is 2. The molecule has 0 aliphatic carbocycles. The first-order valence-electron chi connectivity index (χ1n) is 10.4. The van der Waals surface area contributed by atoms with Gasteiger partial charge in [0.2, 0.25) is 0 Å². The van der Waals surface area contributed by atoms with Gasteiger partial charge in [-0.2, -0.15) is 13.2 Å². The molecule has 158 valence electrons. The van der Waals surface area contributed by atoms with Gasteiger partial charge in [-0.05, 0) is 75.7 Å². The summed E-state index contributed by atoms with van der Waals surface area (Å²) in [6, 6.07) is 23.3. The molecule has 6 aromatic rings. The third kappa shape index (κ3) is 3.28. The van der Waals surface area contributed by atoms with Crippen LogP contribution in [0.4, 0.5) is 13.2 Å². The van der Waals surface area contributed by atoms with Crippen LogP contribution in [-0.4, -0.2) is 0 Å². The number of aryl methyl sites for hydroxylation is 2. The van der Waals surface area contributed by atoms with Gasteiger partial charge in [0.15, 0.2) is 0 Å². The standard InChI is InChI=1S/C27H17F3S2/c28-27(29,30)24-4-2-1-3-16(24)9-10-21-13-20-8-7-19-14-22-18(15-23(19)26(20)32-21)6-5-17-11-12-31-25(17)22/h1-8,11-15H,9-10H2. The predicted octanol–water partition coefficient (Wildman–Crippen LogP) is 9.23. The Morgan fingerprint density at radius 1 is 0.656 bits per heavy atom. The molecule has 2 aromatic heterocycles. The maximum atomic E-state index is 13.3. The fourth-order valence-corrected chi connectivity index (χ4v) is 6.63. The second kappa shape index (κ2) is 7.32. The Balaban J connectivity index is 1.41. The van der Waals surface area contributed by atoms with Crippen molar-refractivity contribution >= 4 is 64.4 Å². The number of hydrogen-bond acceptors (Lipinski definition) is 2. The minimum atomic E-state index is -4.32. The van der Waals surface area contributed by atoms with Gasteiger partial charge in [0, 0.05) is 25.0 Å². The molecule has 4 aromatic carbocycles. The van der Waals surface area contributed by atoms with Crippen molar-refractivity contribution in [3.8, 4) is 0 Å². The van der Waals surface area contributed by atoms with Crippen LogP contribution >= 0.6 is 22.7 Å². The molecule has 0 atom stereocenters. The molecule has 2 heterocycles. The molecule has 6 rings (SSSR count). The molecule has 0 amide bonds. The van der Waals surface area contributed by atoms with E-state index in [-0.39, 0.29) is 0 Å². The summed E-state index contributed by atoms with van der Waals surface area (Å²) in [4.78, 5) is 1.11. The Morgan fingerprint density at radius 2 is 1.34 bits per heavy atom. The smallest absolute Gasteiger partial charge is 0.166 e. The van der Waals surface area contributed by atoms with E-state index in [4.69, 9.17) is 0 Å². The zero-order chi connectivity index (χ0) is 21.9. The van der Waals surface area contributed by atoms with E-state index in [1.165, 1.54) is 48.5 Å². The van der Waals surface area contributed by atoms with Crippen molar-refractivity contribution in [2.45, 2.75) is 19.0 Å². The Kier molecular flexibility index (Phi) is 4.52. The van der Waals surface area contributed by atoms with Crippen LogP contribution in [0.25, 0.3) is 41.7 Å². The van der Waals surface area contributed by atoms with Crippen LogP contribution in [0.3, 0.4) is 0 Å². The average Bonchev–Trinajstić information content (AvgIpc) is 3.43. The molecule has 0 saturated heterocycles. The van der Waals surface area contributed by atoms with Gasteiger partial charge in [-0.1, -0.05) is 42.5 Å². The molecule has 0 spiro atoms. The molecule has 0 nitrogen and oxygen atoms in total. The molecule has 0 bridgehead atoms. The van der Waals surface area contributed by atoms with Crippen molar-refractivity contribution in [3.05, 3.63) is 94.2 Å². The maximum absolute atomic E-state index is 13.3. The molecule has 0 fully saturated rings. The van der Waals surface area contributed by atoms with Crippen molar-refractivity contribution in [3.63, 3.8) is 0 Å². The number of alkyl halides is 3. The van der Waals surface area contributed by atoms with E-state index >= 15 is 0 Å². The molecule has 5 heteroatoms. The molecule has 0 aliphatic rings. The molecule has 0 N–H and O–H groups in total. The minimum Gasteiger partial charge on any atom is -0.166 e. The highest BCUT2D eigenvalue weighted by Crippen LogP contribution is 2.38. The van der Waals surface area contributed by atoms with Crippen molar-refractivity contribution in [2.24, 2.45) is 0 Å². The SMILES string of the molecule is FC(F)(F)c1ccccc1CCc1cc2ccc3cc4c(ccc5ccsc54)cc3c2s1. The summed E-state index contributed by atoms with van der Waals surface area (Å²) < 4.78 is 42.5. The maximum Gasteiger partial charge on any atom is 0.416 e. The van der Waals surface area contributed by atoms with Gasteiger partial charge in [-0.25, -0.2) is 0 Å². The van der Waals surface area contributed by atoms with E-state index < -0.39 is 11.7 Å². The first-order chi connectivity index (χ1) is 15.5. The quantitative estimate of drug-likeness (QED) is 0.230. The number of halogens is 3. The summed E-state index contributed by atoms with van der Waals surface area (Å²) in [5.41, 5.74) is -0.175. The van der Waals surface area contributed by atoms with Crippen LogP contribution in [0.1, 0.15) is 16.0 Å².